The highest BCUT2D eigenvalue weighted by Gasteiger charge is 2.32. The third-order valence-corrected chi connectivity index (χ3v) is 6.91. The molecular formula is C33H39FI2N8O3. The number of rotatable bonds is 10. The van der Waals surface area contributed by atoms with Crippen LogP contribution in [-0.2, 0) is 29.2 Å². The first kappa shape index (κ1) is 37.8. The second-order valence-electron chi connectivity index (χ2n) is 10.1. The lowest BCUT2D eigenvalue weighted by Gasteiger charge is -2.14. The lowest BCUT2D eigenvalue weighted by molar-refractivity contribution is -0.119. The number of cyclic esters (lactones) is 1. The fourth-order valence-corrected chi connectivity index (χ4v) is 4.88. The molecule has 1 fully saturated rings. The van der Waals surface area contributed by atoms with Crippen LogP contribution in [0.1, 0.15) is 31.3 Å². The smallest absolute Gasteiger partial charge is 0.414 e. The van der Waals surface area contributed by atoms with Gasteiger partial charge < -0.3 is 19.8 Å². The summed E-state index contributed by atoms with van der Waals surface area (Å²) in [6.07, 6.45) is 4.58. The highest BCUT2D eigenvalue weighted by atomic mass is 127. The zero-order valence-electron chi connectivity index (χ0n) is 25.7. The summed E-state index contributed by atoms with van der Waals surface area (Å²) in [5.74, 6) is -0.675. The standard InChI is InChI=1S/C30H29FN8O3.2CH3I.CH4/c1-20(40)33-14-26-19-39(30(41)42-26)25-8-9-27(28(31)11-25)22-7-10-29-34-23(17-37(29)16-22)12-32-13-24-18-38(36-35-24)15-21-5-3-2-4-6-21;2*1-2;/h2-11,16-18,26,32H,12-15,19H2,1H3,(H,33,40);2*1H3;1H4/t26-;;;/m0.../s1. The predicted octanol–water partition coefficient (Wildman–Crippen LogP) is 6.27. The van der Waals surface area contributed by atoms with Crippen molar-refractivity contribution in [3.8, 4) is 11.1 Å². The highest BCUT2D eigenvalue weighted by Crippen LogP contribution is 2.29. The van der Waals surface area contributed by atoms with Crippen LogP contribution in [-0.4, -0.2) is 65.4 Å². The van der Waals surface area contributed by atoms with Crippen LogP contribution in [0, 0.1) is 5.82 Å². The largest absolute Gasteiger partial charge is 0.442 e. The minimum atomic E-state index is -0.574. The first-order valence-corrected chi connectivity index (χ1v) is 18.6. The number of amides is 2. The van der Waals surface area contributed by atoms with Crippen LogP contribution in [0.5, 0.6) is 0 Å². The Kier molecular flexibility index (Phi) is 15.0. The molecule has 0 spiro atoms. The van der Waals surface area contributed by atoms with Crippen molar-refractivity contribution in [1.82, 2.24) is 35.0 Å². The van der Waals surface area contributed by atoms with Gasteiger partial charge in [0.2, 0.25) is 5.91 Å². The number of carbonyl (C=O) groups excluding carboxylic acids is 2. The Hall–Kier alpha value is -3.64. The van der Waals surface area contributed by atoms with Gasteiger partial charge in [-0.2, -0.15) is 0 Å². The Labute approximate surface area is 301 Å². The van der Waals surface area contributed by atoms with Crippen LogP contribution in [0.2, 0.25) is 0 Å². The van der Waals surface area contributed by atoms with Gasteiger partial charge in [-0.05, 0) is 45.8 Å². The third kappa shape index (κ3) is 10.2. The Bertz CT molecular complexity index is 1750. The van der Waals surface area contributed by atoms with Crippen molar-refractivity contribution in [2.75, 3.05) is 27.9 Å². The lowest BCUT2D eigenvalue weighted by Crippen LogP contribution is -2.33. The van der Waals surface area contributed by atoms with Crippen molar-refractivity contribution in [3.05, 3.63) is 102 Å². The minimum absolute atomic E-state index is 0. The van der Waals surface area contributed by atoms with Crippen LogP contribution in [0.3, 0.4) is 0 Å². The van der Waals surface area contributed by atoms with Gasteiger partial charge in [0, 0.05) is 43.5 Å². The molecule has 47 heavy (non-hydrogen) atoms. The van der Waals surface area contributed by atoms with E-state index >= 15 is 4.39 Å². The van der Waals surface area contributed by atoms with Crippen LogP contribution in [0.4, 0.5) is 14.9 Å². The Morgan fingerprint density at radius 2 is 1.74 bits per heavy atom. The van der Waals surface area contributed by atoms with E-state index in [0.717, 1.165) is 22.6 Å². The maximum absolute atomic E-state index is 15.2. The van der Waals surface area contributed by atoms with Crippen molar-refractivity contribution in [1.29, 1.82) is 0 Å². The zero-order chi connectivity index (χ0) is 33.1. The number of nitrogens with zero attached hydrogens (tertiary/aromatic N) is 6. The topological polar surface area (TPSA) is 119 Å². The van der Waals surface area contributed by atoms with Gasteiger partial charge in [-0.3, -0.25) is 9.69 Å². The fraction of sp³-hybridized carbons (Fsp3) is 0.303. The molecule has 0 radical (unpaired) electrons. The molecule has 2 aromatic carbocycles. The van der Waals surface area contributed by atoms with Gasteiger partial charge in [0.05, 0.1) is 42.9 Å². The van der Waals surface area contributed by atoms with E-state index in [2.05, 4.69) is 83.2 Å². The number of anilines is 1. The Balaban J connectivity index is 0.00000116. The molecule has 2 amide bonds. The van der Waals surface area contributed by atoms with E-state index in [0.29, 0.717) is 36.4 Å². The van der Waals surface area contributed by atoms with E-state index in [1.54, 1.807) is 12.1 Å². The van der Waals surface area contributed by atoms with E-state index in [1.165, 1.54) is 17.9 Å². The molecule has 1 aliphatic heterocycles. The van der Waals surface area contributed by atoms with Crippen molar-refractivity contribution >= 4 is 68.5 Å². The summed E-state index contributed by atoms with van der Waals surface area (Å²) >= 11 is 4.30. The van der Waals surface area contributed by atoms with Gasteiger partial charge in [0.25, 0.3) is 0 Å². The number of alkyl halides is 2. The second-order valence-corrected chi connectivity index (χ2v) is 10.1. The molecule has 0 unspecified atom stereocenters. The summed E-state index contributed by atoms with van der Waals surface area (Å²) < 4.78 is 24.2. The first-order chi connectivity index (χ1) is 22.4. The van der Waals surface area contributed by atoms with Crippen molar-refractivity contribution in [2.24, 2.45) is 0 Å². The Morgan fingerprint density at radius 3 is 2.47 bits per heavy atom. The van der Waals surface area contributed by atoms with Gasteiger partial charge in [-0.1, -0.05) is 88.2 Å². The predicted molar refractivity (Wildman–Crippen MR) is 200 cm³/mol. The average molecular weight is 869 g/mol. The summed E-state index contributed by atoms with van der Waals surface area (Å²) in [7, 11) is 0. The summed E-state index contributed by atoms with van der Waals surface area (Å²) in [5.41, 5.74) is 5.03. The average Bonchev–Trinajstić information content (AvgIpc) is 3.80. The highest BCUT2D eigenvalue weighted by molar-refractivity contribution is 14.1. The van der Waals surface area contributed by atoms with Crippen LogP contribution in [0.25, 0.3) is 16.8 Å². The van der Waals surface area contributed by atoms with Gasteiger partial charge in [0.15, 0.2) is 0 Å². The van der Waals surface area contributed by atoms with Gasteiger partial charge in [0.1, 0.15) is 17.6 Å². The first-order valence-electron chi connectivity index (χ1n) is 14.3. The summed E-state index contributed by atoms with van der Waals surface area (Å²) in [6, 6.07) is 18.4. The fourth-order valence-electron chi connectivity index (χ4n) is 4.88. The molecule has 250 valence electrons. The molecule has 11 nitrogen and oxygen atoms in total. The number of nitrogens with one attached hydrogen (secondary N) is 2. The van der Waals surface area contributed by atoms with E-state index in [-0.39, 0.29) is 26.4 Å². The van der Waals surface area contributed by atoms with Crippen LogP contribution >= 0.6 is 45.2 Å². The number of aromatic nitrogens is 5. The van der Waals surface area contributed by atoms with Crippen LogP contribution < -0.4 is 15.5 Å². The van der Waals surface area contributed by atoms with Crippen molar-refractivity contribution in [2.45, 2.75) is 40.1 Å². The number of imidazole rings is 1. The zero-order valence-corrected chi connectivity index (χ0v) is 30.0. The molecule has 2 N–H and O–H groups in total. The maximum Gasteiger partial charge on any atom is 0.414 e. The summed E-state index contributed by atoms with van der Waals surface area (Å²) in [6.45, 7) is 3.56. The number of benzene rings is 2. The SMILES string of the molecule is C.CC(=O)NC[C@H]1CN(c2ccc(-c3ccc4nc(CNCc5cn(Cc6ccccc6)nn5)cn4c3)c(F)c2)C(=O)O1.CI.CI. The summed E-state index contributed by atoms with van der Waals surface area (Å²) in [4.78, 5) is 33.4. The number of pyridine rings is 1. The minimum Gasteiger partial charge on any atom is -0.442 e. The van der Waals surface area contributed by atoms with Crippen molar-refractivity contribution in [3.63, 3.8) is 0 Å². The molecule has 1 aliphatic rings. The molecule has 6 rings (SSSR count). The molecule has 1 saturated heterocycles. The number of hydrogen-bond acceptors (Lipinski definition) is 7. The van der Waals surface area contributed by atoms with Gasteiger partial charge in [-0.15, -0.1) is 5.10 Å². The monoisotopic (exact) mass is 868 g/mol. The maximum atomic E-state index is 15.2. The van der Waals surface area contributed by atoms with Crippen molar-refractivity contribution < 1.29 is 18.7 Å². The lowest BCUT2D eigenvalue weighted by atomic mass is 10.1. The quantitative estimate of drug-likeness (QED) is 0.126. The molecule has 5 aromatic rings. The molecule has 14 heteroatoms. The van der Waals surface area contributed by atoms with E-state index in [9.17, 15) is 9.59 Å². The number of halogens is 3. The van der Waals surface area contributed by atoms with E-state index in [4.69, 9.17) is 4.74 Å². The molecular weight excluding hydrogens is 829 g/mol. The molecule has 0 saturated carbocycles. The van der Waals surface area contributed by atoms with Gasteiger partial charge >= 0.3 is 6.09 Å². The number of ether oxygens (including phenoxy) is 1. The summed E-state index contributed by atoms with van der Waals surface area (Å²) in [5, 5.41) is 14.4. The molecule has 3 aromatic heterocycles. The second kappa shape index (κ2) is 18.6. The third-order valence-electron chi connectivity index (χ3n) is 6.91. The number of carbonyl (C=O) groups is 2. The molecule has 0 bridgehead atoms. The molecule has 4 heterocycles. The molecule has 0 aliphatic carbocycles. The number of fused-ring (bicyclic) bond motifs is 1. The van der Waals surface area contributed by atoms with Crippen LogP contribution in [0.15, 0.2) is 79.3 Å². The molecule has 1 atom stereocenters. The Morgan fingerprint density at radius 1 is 1.00 bits per heavy atom. The van der Waals surface area contributed by atoms with Gasteiger partial charge in [-0.25, -0.2) is 18.9 Å². The number of hydrogen-bond donors (Lipinski definition) is 2. The normalized spacial score (nSPS) is 13.5. The van der Waals surface area contributed by atoms with E-state index in [1.807, 2.05) is 67.9 Å². The van der Waals surface area contributed by atoms with E-state index < -0.39 is 18.0 Å².